The molecule has 2 aliphatic heterocycles. The van der Waals surface area contributed by atoms with E-state index in [1.165, 1.54) is 4.90 Å². The van der Waals surface area contributed by atoms with Crippen molar-refractivity contribution in [3.05, 3.63) is 82.4 Å². The molecule has 1 unspecified atom stereocenters. The molecule has 9 nitrogen and oxygen atoms in total. The summed E-state index contributed by atoms with van der Waals surface area (Å²) >= 11 is 0. The summed E-state index contributed by atoms with van der Waals surface area (Å²) in [6, 6.07) is 9.46. The Balaban J connectivity index is 1.41. The van der Waals surface area contributed by atoms with Crippen LogP contribution in [0.1, 0.15) is 71.0 Å². The second kappa shape index (κ2) is 9.75. The zero-order chi connectivity index (χ0) is 28.2. The molecular formula is C31H33N5O4. The van der Waals surface area contributed by atoms with Crippen molar-refractivity contribution in [2.24, 2.45) is 0 Å². The molecule has 40 heavy (non-hydrogen) atoms. The van der Waals surface area contributed by atoms with Gasteiger partial charge >= 0.3 is 6.09 Å². The highest BCUT2D eigenvalue weighted by molar-refractivity contribution is 5.94. The molecule has 0 bridgehead atoms. The summed E-state index contributed by atoms with van der Waals surface area (Å²) in [6.45, 7) is 6.76. The fourth-order valence-corrected chi connectivity index (χ4v) is 6.03. The Morgan fingerprint density at radius 3 is 2.70 bits per heavy atom. The first kappa shape index (κ1) is 26.0. The second-order valence-electron chi connectivity index (χ2n) is 11.4. The molecule has 1 fully saturated rings. The van der Waals surface area contributed by atoms with Gasteiger partial charge in [0.1, 0.15) is 11.2 Å². The number of nitrogens with zero attached hydrogens (tertiary/aromatic N) is 4. The molecule has 0 saturated carbocycles. The van der Waals surface area contributed by atoms with E-state index in [1.54, 1.807) is 32.2 Å². The summed E-state index contributed by atoms with van der Waals surface area (Å²) in [7, 11) is 0. The lowest BCUT2D eigenvalue weighted by molar-refractivity contribution is 0.0713. The van der Waals surface area contributed by atoms with Crippen LogP contribution in [0, 0.1) is 6.92 Å². The molecule has 1 saturated heterocycles. The predicted molar refractivity (Wildman–Crippen MR) is 151 cm³/mol. The number of rotatable bonds is 4. The lowest BCUT2D eigenvalue weighted by Crippen LogP contribution is -2.38. The van der Waals surface area contributed by atoms with Crippen LogP contribution in [-0.2, 0) is 18.6 Å². The molecule has 0 aliphatic carbocycles. The average molecular weight is 540 g/mol. The Morgan fingerprint density at radius 2 is 1.93 bits per heavy atom. The maximum Gasteiger partial charge on any atom is 0.407 e. The molecule has 1 aromatic carbocycles. The Kier molecular flexibility index (Phi) is 6.34. The Hall–Kier alpha value is -4.24. The number of H-pyrrole nitrogens is 1. The van der Waals surface area contributed by atoms with Crippen molar-refractivity contribution in [3.63, 3.8) is 0 Å². The molecule has 9 heteroatoms. The number of aryl methyl sites for hydroxylation is 1. The van der Waals surface area contributed by atoms with Crippen LogP contribution in [0.2, 0.25) is 0 Å². The van der Waals surface area contributed by atoms with Gasteiger partial charge in [0.25, 0.3) is 5.91 Å². The number of fused-ring (bicyclic) bond motifs is 2. The van der Waals surface area contributed by atoms with Crippen LogP contribution in [0.25, 0.3) is 22.2 Å². The molecule has 206 valence electrons. The highest BCUT2D eigenvalue weighted by Gasteiger charge is 2.34. The summed E-state index contributed by atoms with van der Waals surface area (Å²) in [5, 5.41) is 21.4. The van der Waals surface area contributed by atoms with Gasteiger partial charge < -0.3 is 25.0 Å². The first-order valence-corrected chi connectivity index (χ1v) is 13.7. The van der Waals surface area contributed by atoms with Gasteiger partial charge in [-0.1, -0.05) is 6.07 Å². The van der Waals surface area contributed by atoms with Crippen molar-refractivity contribution < 1.29 is 19.8 Å². The summed E-state index contributed by atoms with van der Waals surface area (Å²) in [5.74, 6) is -0.132. The smallest absolute Gasteiger partial charge is 0.407 e. The van der Waals surface area contributed by atoms with E-state index in [0.29, 0.717) is 37.3 Å². The number of aliphatic hydroxyl groups is 1. The van der Waals surface area contributed by atoms with Crippen LogP contribution >= 0.6 is 0 Å². The fourth-order valence-electron chi connectivity index (χ4n) is 6.03. The van der Waals surface area contributed by atoms with Gasteiger partial charge in [0.05, 0.1) is 11.7 Å². The standard InChI is InChI=1S/C31H33N5O4/c1-18-15-33-28-23(18)13-22(16-34-28)21-11-19-7-10-35(29(37)20-6-8-32-27(14-20)31(2,3)40)17-25(19)24(12-21)26-5-4-9-36(26)30(38)39/h6,8,11-16,26,40H,4-5,7,9-10,17H2,1-3H3,(H,33,34)(H,38,39). The monoisotopic (exact) mass is 539 g/mol. The van der Waals surface area contributed by atoms with E-state index in [9.17, 15) is 19.8 Å². The molecule has 4 aromatic rings. The van der Waals surface area contributed by atoms with Crippen molar-refractivity contribution >= 4 is 23.0 Å². The zero-order valence-corrected chi connectivity index (χ0v) is 22.9. The SMILES string of the molecule is Cc1c[nH]c2ncc(-c3cc4c(c(C5CCCN5C(=O)O)c3)CN(C(=O)c3ccnc(C(C)(C)O)c3)CC4)cc12. The van der Waals surface area contributed by atoms with E-state index >= 15 is 0 Å². The highest BCUT2D eigenvalue weighted by Crippen LogP contribution is 2.40. The van der Waals surface area contributed by atoms with Crippen LogP contribution in [0.5, 0.6) is 0 Å². The number of carboxylic acid groups (broad SMARTS) is 1. The van der Waals surface area contributed by atoms with Gasteiger partial charge in [-0.3, -0.25) is 9.78 Å². The number of aromatic amines is 1. The van der Waals surface area contributed by atoms with Crippen molar-refractivity contribution in [1.29, 1.82) is 0 Å². The normalized spacial score (nSPS) is 17.4. The molecule has 3 aromatic heterocycles. The molecule has 2 amide bonds. The predicted octanol–water partition coefficient (Wildman–Crippen LogP) is 5.17. The number of carbonyl (C=O) groups excluding carboxylic acids is 1. The summed E-state index contributed by atoms with van der Waals surface area (Å²) in [4.78, 5) is 41.2. The quantitative estimate of drug-likeness (QED) is 0.329. The average Bonchev–Trinajstić information content (AvgIpc) is 3.58. The minimum atomic E-state index is -1.16. The van der Waals surface area contributed by atoms with E-state index < -0.39 is 11.7 Å². The molecule has 1 atom stereocenters. The Labute approximate surface area is 232 Å². The van der Waals surface area contributed by atoms with E-state index in [2.05, 4.69) is 33.2 Å². The molecule has 6 rings (SSSR count). The first-order valence-electron chi connectivity index (χ1n) is 13.7. The number of carbonyl (C=O) groups is 2. The van der Waals surface area contributed by atoms with Crippen molar-refractivity contribution in [2.75, 3.05) is 13.1 Å². The number of pyridine rings is 2. The fraction of sp³-hybridized carbons (Fsp3) is 0.355. The van der Waals surface area contributed by atoms with Gasteiger partial charge in [-0.25, -0.2) is 9.78 Å². The van der Waals surface area contributed by atoms with Crippen LogP contribution < -0.4 is 0 Å². The van der Waals surface area contributed by atoms with E-state index in [-0.39, 0.29) is 11.9 Å². The number of nitrogens with one attached hydrogen (secondary N) is 1. The van der Waals surface area contributed by atoms with Gasteiger partial charge in [-0.05, 0) is 92.1 Å². The first-order chi connectivity index (χ1) is 19.1. The molecule has 2 aliphatic rings. The topological polar surface area (TPSA) is 123 Å². The minimum absolute atomic E-state index is 0.132. The number of hydrogen-bond donors (Lipinski definition) is 3. The largest absolute Gasteiger partial charge is 0.465 e. The van der Waals surface area contributed by atoms with E-state index in [4.69, 9.17) is 0 Å². The van der Waals surface area contributed by atoms with Crippen LogP contribution in [0.15, 0.2) is 48.9 Å². The summed E-state index contributed by atoms with van der Waals surface area (Å²) in [6.07, 6.45) is 6.63. The third-order valence-corrected chi connectivity index (χ3v) is 8.23. The van der Waals surface area contributed by atoms with Crippen LogP contribution in [0.4, 0.5) is 4.79 Å². The van der Waals surface area contributed by atoms with Crippen molar-refractivity contribution in [2.45, 2.75) is 58.2 Å². The highest BCUT2D eigenvalue weighted by atomic mass is 16.4. The molecule has 5 heterocycles. The van der Waals surface area contributed by atoms with Crippen LogP contribution in [-0.4, -0.2) is 60.1 Å². The van der Waals surface area contributed by atoms with Gasteiger partial charge in [0, 0.05) is 54.7 Å². The van der Waals surface area contributed by atoms with Crippen LogP contribution in [0.3, 0.4) is 0 Å². The Bertz CT molecular complexity index is 1640. The molecular weight excluding hydrogens is 506 g/mol. The van der Waals surface area contributed by atoms with Crippen molar-refractivity contribution in [1.82, 2.24) is 24.8 Å². The minimum Gasteiger partial charge on any atom is -0.465 e. The van der Waals surface area contributed by atoms with Gasteiger partial charge in [-0.15, -0.1) is 0 Å². The lowest BCUT2D eigenvalue weighted by Gasteiger charge is -2.34. The van der Waals surface area contributed by atoms with Gasteiger partial charge in [0.15, 0.2) is 0 Å². The Morgan fingerprint density at radius 1 is 1.10 bits per heavy atom. The van der Waals surface area contributed by atoms with Crippen molar-refractivity contribution in [3.8, 4) is 11.1 Å². The summed E-state index contributed by atoms with van der Waals surface area (Å²) < 4.78 is 0. The zero-order valence-electron chi connectivity index (χ0n) is 22.9. The van der Waals surface area contributed by atoms with Gasteiger partial charge in [-0.2, -0.15) is 0 Å². The lowest BCUT2D eigenvalue weighted by atomic mass is 9.86. The third-order valence-electron chi connectivity index (χ3n) is 8.23. The number of benzene rings is 1. The third kappa shape index (κ3) is 4.60. The summed E-state index contributed by atoms with van der Waals surface area (Å²) in [5.41, 5.74) is 6.81. The van der Waals surface area contributed by atoms with Gasteiger partial charge in [0.2, 0.25) is 0 Å². The number of hydrogen-bond acceptors (Lipinski definition) is 5. The molecule has 0 radical (unpaired) electrons. The maximum atomic E-state index is 13.6. The second-order valence-corrected chi connectivity index (χ2v) is 11.4. The van der Waals surface area contributed by atoms with E-state index in [1.807, 2.05) is 24.2 Å². The van der Waals surface area contributed by atoms with E-state index in [0.717, 1.165) is 57.3 Å². The number of likely N-dealkylation sites (tertiary alicyclic amines) is 1. The number of amides is 2. The molecule has 0 spiro atoms. The number of aromatic nitrogens is 3. The molecule has 3 N–H and O–H groups in total. The maximum absolute atomic E-state index is 13.6.